The van der Waals surface area contributed by atoms with Gasteiger partial charge in [0.2, 0.25) is 0 Å². The van der Waals surface area contributed by atoms with Gasteiger partial charge in [-0.3, -0.25) is 4.79 Å². The van der Waals surface area contributed by atoms with E-state index in [-0.39, 0.29) is 19.0 Å². The Hall–Kier alpha value is -2.63. The topological polar surface area (TPSA) is 76.0 Å². The molecule has 5 nitrogen and oxygen atoms in total. The first-order valence-electron chi connectivity index (χ1n) is 7.41. The number of aliphatic hydroxyl groups is 2. The van der Waals surface area contributed by atoms with Gasteiger partial charge in [0.25, 0.3) is 0 Å². The van der Waals surface area contributed by atoms with E-state index in [0.717, 1.165) is 5.56 Å². The van der Waals surface area contributed by atoms with Crippen molar-refractivity contribution in [1.82, 2.24) is 0 Å². The fourth-order valence-corrected chi connectivity index (χ4v) is 2.26. The van der Waals surface area contributed by atoms with Crippen LogP contribution in [0.25, 0.3) is 6.08 Å². The Kier molecular flexibility index (Phi) is 6.12. The molecule has 0 fully saturated rings. The third-order valence-corrected chi connectivity index (χ3v) is 3.65. The van der Waals surface area contributed by atoms with Gasteiger partial charge in [0.1, 0.15) is 0 Å². The molecule has 5 heteroatoms. The van der Waals surface area contributed by atoms with Crippen molar-refractivity contribution in [2.24, 2.45) is 0 Å². The van der Waals surface area contributed by atoms with Crippen LogP contribution in [0, 0.1) is 0 Å². The lowest BCUT2D eigenvalue weighted by molar-refractivity contribution is 0.104. The standard InChI is InChI=1S/C19H20O5/c1-23-18-9-15(16(12-21)10-19(18)24-2)7-8-17(22)14-5-3-13(11-20)4-6-14/h3-10,20-21H,11-12H2,1-2H3/b8-7+. The van der Waals surface area contributed by atoms with Crippen molar-refractivity contribution in [3.05, 3.63) is 64.7 Å². The van der Waals surface area contributed by atoms with E-state index >= 15 is 0 Å². The molecule has 0 atom stereocenters. The molecule has 2 aromatic rings. The molecule has 0 unspecified atom stereocenters. The monoisotopic (exact) mass is 328 g/mol. The molecular formula is C19H20O5. The summed E-state index contributed by atoms with van der Waals surface area (Å²) in [6.45, 7) is -0.241. The van der Waals surface area contributed by atoms with E-state index in [2.05, 4.69) is 0 Å². The smallest absolute Gasteiger partial charge is 0.185 e. The molecule has 0 saturated carbocycles. The van der Waals surface area contributed by atoms with Crippen LogP contribution in [0.5, 0.6) is 11.5 Å². The second-order valence-corrected chi connectivity index (χ2v) is 5.12. The van der Waals surface area contributed by atoms with Crippen molar-refractivity contribution in [1.29, 1.82) is 0 Å². The van der Waals surface area contributed by atoms with E-state index in [1.54, 1.807) is 42.5 Å². The van der Waals surface area contributed by atoms with Gasteiger partial charge in [-0.1, -0.05) is 30.3 Å². The van der Waals surface area contributed by atoms with Crippen LogP contribution in [0.3, 0.4) is 0 Å². The highest BCUT2D eigenvalue weighted by molar-refractivity contribution is 6.06. The number of ether oxygens (including phenoxy) is 2. The van der Waals surface area contributed by atoms with Crippen LogP contribution < -0.4 is 9.47 Å². The number of hydrogen-bond acceptors (Lipinski definition) is 5. The van der Waals surface area contributed by atoms with E-state index in [4.69, 9.17) is 14.6 Å². The van der Waals surface area contributed by atoms with Gasteiger partial charge < -0.3 is 19.7 Å². The summed E-state index contributed by atoms with van der Waals surface area (Å²) >= 11 is 0. The van der Waals surface area contributed by atoms with E-state index in [9.17, 15) is 9.90 Å². The zero-order chi connectivity index (χ0) is 17.5. The van der Waals surface area contributed by atoms with Crippen molar-refractivity contribution in [2.75, 3.05) is 14.2 Å². The zero-order valence-corrected chi connectivity index (χ0v) is 13.7. The number of carbonyl (C=O) groups is 1. The second kappa shape index (κ2) is 8.29. The third-order valence-electron chi connectivity index (χ3n) is 3.65. The molecule has 0 bridgehead atoms. The summed E-state index contributed by atoms with van der Waals surface area (Å²) in [5.74, 6) is 0.872. The van der Waals surface area contributed by atoms with E-state index < -0.39 is 0 Å². The van der Waals surface area contributed by atoms with E-state index in [1.807, 2.05) is 0 Å². The minimum atomic E-state index is -0.181. The summed E-state index contributed by atoms with van der Waals surface area (Å²) < 4.78 is 10.4. The quantitative estimate of drug-likeness (QED) is 0.603. The molecule has 0 saturated heterocycles. The molecule has 0 aliphatic carbocycles. The predicted molar refractivity (Wildman–Crippen MR) is 91.2 cm³/mol. The molecule has 2 N–H and O–H groups in total. The first-order valence-corrected chi connectivity index (χ1v) is 7.41. The van der Waals surface area contributed by atoms with Crippen LogP contribution in [0.2, 0.25) is 0 Å². The van der Waals surface area contributed by atoms with Crippen molar-refractivity contribution in [3.8, 4) is 11.5 Å². The lowest BCUT2D eigenvalue weighted by atomic mass is 10.0. The van der Waals surface area contributed by atoms with Gasteiger partial charge in [0, 0.05) is 5.56 Å². The second-order valence-electron chi connectivity index (χ2n) is 5.12. The molecule has 0 aromatic heterocycles. The fourth-order valence-electron chi connectivity index (χ4n) is 2.26. The van der Waals surface area contributed by atoms with Gasteiger partial charge in [-0.05, 0) is 34.9 Å². The van der Waals surface area contributed by atoms with Crippen LogP contribution >= 0.6 is 0 Å². The normalized spacial score (nSPS) is 10.8. The molecule has 24 heavy (non-hydrogen) atoms. The number of carbonyl (C=O) groups excluding carboxylic acids is 1. The highest BCUT2D eigenvalue weighted by Crippen LogP contribution is 2.31. The number of aliphatic hydroxyl groups excluding tert-OH is 2. The van der Waals surface area contributed by atoms with Gasteiger partial charge in [-0.2, -0.15) is 0 Å². The molecule has 0 radical (unpaired) electrons. The summed E-state index contributed by atoms with van der Waals surface area (Å²) in [5, 5.41) is 18.5. The lowest BCUT2D eigenvalue weighted by Gasteiger charge is -2.11. The first-order chi connectivity index (χ1) is 11.6. The number of methoxy groups -OCH3 is 2. The van der Waals surface area contributed by atoms with Gasteiger partial charge >= 0.3 is 0 Å². The molecule has 126 valence electrons. The van der Waals surface area contributed by atoms with Crippen LogP contribution in [0.4, 0.5) is 0 Å². The Bertz CT molecular complexity index is 732. The van der Waals surface area contributed by atoms with Gasteiger partial charge in [0.05, 0.1) is 27.4 Å². The molecule has 0 aliphatic heterocycles. The van der Waals surface area contributed by atoms with Crippen molar-refractivity contribution in [3.63, 3.8) is 0 Å². The van der Waals surface area contributed by atoms with Crippen molar-refractivity contribution < 1.29 is 24.5 Å². The average molecular weight is 328 g/mol. The van der Waals surface area contributed by atoms with Crippen LogP contribution in [0.1, 0.15) is 27.0 Å². The summed E-state index contributed by atoms with van der Waals surface area (Å²) in [6, 6.07) is 10.1. The van der Waals surface area contributed by atoms with Gasteiger partial charge in [0.15, 0.2) is 17.3 Å². The molecule has 2 rings (SSSR count). The lowest BCUT2D eigenvalue weighted by Crippen LogP contribution is -1.97. The summed E-state index contributed by atoms with van der Waals surface area (Å²) in [6.07, 6.45) is 3.07. The molecule has 2 aromatic carbocycles. The largest absolute Gasteiger partial charge is 0.493 e. The molecule has 0 amide bonds. The Morgan fingerprint density at radius 1 is 1.00 bits per heavy atom. The maximum atomic E-state index is 12.2. The predicted octanol–water partition coefficient (Wildman–Crippen LogP) is 2.58. The Balaban J connectivity index is 2.27. The van der Waals surface area contributed by atoms with E-state index in [1.165, 1.54) is 20.3 Å². The van der Waals surface area contributed by atoms with Crippen LogP contribution in [-0.4, -0.2) is 30.2 Å². The minimum absolute atomic E-state index is 0.0597. The highest BCUT2D eigenvalue weighted by atomic mass is 16.5. The Labute approximate surface area is 140 Å². The zero-order valence-electron chi connectivity index (χ0n) is 13.7. The molecule has 0 aliphatic rings. The number of ketones is 1. The first kappa shape index (κ1) is 17.7. The van der Waals surface area contributed by atoms with Crippen LogP contribution in [0.15, 0.2) is 42.5 Å². The van der Waals surface area contributed by atoms with Crippen molar-refractivity contribution in [2.45, 2.75) is 13.2 Å². The average Bonchev–Trinajstić information content (AvgIpc) is 2.65. The highest BCUT2D eigenvalue weighted by Gasteiger charge is 2.09. The van der Waals surface area contributed by atoms with Crippen molar-refractivity contribution >= 4 is 11.9 Å². The van der Waals surface area contributed by atoms with Gasteiger partial charge in [-0.15, -0.1) is 0 Å². The summed E-state index contributed by atoms with van der Waals surface area (Å²) in [5.41, 5.74) is 2.58. The maximum Gasteiger partial charge on any atom is 0.185 e. The number of hydrogen-bond donors (Lipinski definition) is 2. The fraction of sp³-hybridized carbons (Fsp3) is 0.211. The number of benzene rings is 2. The molecule has 0 spiro atoms. The Morgan fingerprint density at radius 2 is 1.62 bits per heavy atom. The molecular weight excluding hydrogens is 308 g/mol. The minimum Gasteiger partial charge on any atom is -0.493 e. The van der Waals surface area contributed by atoms with Gasteiger partial charge in [-0.25, -0.2) is 0 Å². The Morgan fingerprint density at radius 3 is 2.17 bits per heavy atom. The number of rotatable bonds is 7. The maximum absolute atomic E-state index is 12.2. The SMILES string of the molecule is COc1cc(/C=C/C(=O)c2ccc(CO)cc2)c(CO)cc1OC. The summed E-state index contributed by atoms with van der Waals surface area (Å²) in [7, 11) is 3.05. The number of allylic oxidation sites excluding steroid dienone is 1. The summed E-state index contributed by atoms with van der Waals surface area (Å²) in [4.78, 5) is 12.2. The van der Waals surface area contributed by atoms with Crippen LogP contribution in [-0.2, 0) is 13.2 Å². The third kappa shape index (κ3) is 4.01. The van der Waals surface area contributed by atoms with E-state index in [0.29, 0.717) is 28.2 Å². The molecule has 0 heterocycles.